The smallest absolute Gasteiger partial charge is 0.244 e. The highest BCUT2D eigenvalue weighted by atomic mass is 32.2. The quantitative estimate of drug-likeness (QED) is 0.851. The fourth-order valence-corrected chi connectivity index (χ4v) is 4.19. The molecule has 1 aromatic carbocycles. The predicted molar refractivity (Wildman–Crippen MR) is 74.6 cm³/mol. The Morgan fingerprint density at radius 3 is 2.75 bits per heavy atom. The normalized spacial score (nSPS) is 24.2. The Hall–Kier alpha value is -1.42. The zero-order valence-electron chi connectivity index (χ0n) is 11.7. The number of ether oxygens (including phenoxy) is 1. The minimum atomic E-state index is -3.66. The second-order valence-electron chi connectivity index (χ2n) is 5.20. The van der Waals surface area contributed by atoms with Crippen LogP contribution in [-0.4, -0.2) is 38.5 Å². The molecular weight excluding hydrogens is 276 g/mol. The lowest BCUT2D eigenvalue weighted by atomic mass is 9.96. The van der Waals surface area contributed by atoms with Crippen LogP contribution in [0.2, 0.25) is 0 Å². The van der Waals surface area contributed by atoms with Gasteiger partial charge in [-0.05, 0) is 31.9 Å². The Morgan fingerprint density at radius 2 is 2.10 bits per heavy atom. The molecule has 5 nitrogen and oxygen atoms in total. The summed E-state index contributed by atoms with van der Waals surface area (Å²) < 4.78 is 32.2. The van der Waals surface area contributed by atoms with Gasteiger partial charge in [-0.2, -0.15) is 9.57 Å². The Kier molecular flexibility index (Phi) is 4.14. The van der Waals surface area contributed by atoms with Crippen LogP contribution >= 0.6 is 0 Å². The van der Waals surface area contributed by atoms with Gasteiger partial charge in [0.1, 0.15) is 6.07 Å². The van der Waals surface area contributed by atoms with Gasteiger partial charge in [0.2, 0.25) is 10.0 Å². The van der Waals surface area contributed by atoms with Gasteiger partial charge in [0.05, 0.1) is 16.1 Å². The predicted octanol–water partition coefficient (Wildman–Crippen LogP) is 1.75. The number of benzene rings is 1. The molecule has 1 unspecified atom stereocenters. The van der Waals surface area contributed by atoms with Crippen molar-refractivity contribution in [2.75, 3.05) is 20.2 Å². The van der Waals surface area contributed by atoms with Crippen LogP contribution in [0.4, 0.5) is 0 Å². The standard InChI is InChI=1S/C14H18N2O3S/c1-14(19-2)8-5-9-16(11-14)20(17,18)13-7-4-3-6-12(13)10-15/h3-4,6-7H,5,8-9,11H2,1-2H3. The molecule has 0 radical (unpaired) electrons. The molecule has 0 spiro atoms. The van der Waals surface area contributed by atoms with Crippen LogP contribution in [0.25, 0.3) is 0 Å². The number of hydrogen-bond donors (Lipinski definition) is 0. The van der Waals surface area contributed by atoms with Crippen molar-refractivity contribution in [3.8, 4) is 6.07 Å². The summed E-state index contributed by atoms with van der Waals surface area (Å²) in [4.78, 5) is 0.0721. The fraction of sp³-hybridized carbons (Fsp3) is 0.500. The van der Waals surface area contributed by atoms with E-state index in [1.165, 1.54) is 16.4 Å². The van der Waals surface area contributed by atoms with Crippen LogP contribution in [0.1, 0.15) is 25.3 Å². The van der Waals surface area contributed by atoms with Gasteiger partial charge in [0.15, 0.2) is 0 Å². The minimum absolute atomic E-state index is 0.0721. The molecule has 20 heavy (non-hydrogen) atoms. The minimum Gasteiger partial charge on any atom is -0.377 e. The van der Waals surface area contributed by atoms with Gasteiger partial charge in [0.25, 0.3) is 0 Å². The maximum Gasteiger partial charge on any atom is 0.244 e. The van der Waals surface area contributed by atoms with Gasteiger partial charge >= 0.3 is 0 Å². The van der Waals surface area contributed by atoms with Crippen LogP contribution in [0.5, 0.6) is 0 Å². The second-order valence-corrected chi connectivity index (χ2v) is 7.11. The Balaban J connectivity index is 2.38. The first-order valence-electron chi connectivity index (χ1n) is 6.47. The molecule has 1 heterocycles. The molecule has 1 aromatic rings. The summed E-state index contributed by atoms with van der Waals surface area (Å²) in [7, 11) is -2.06. The summed E-state index contributed by atoms with van der Waals surface area (Å²) in [5.41, 5.74) is -0.287. The first-order valence-corrected chi connectivity index (χ1v) is 7.91. The van der Waals surface area contributed by atoms with E-state index in [1.54, 1.807) is 19.2 Å². The molecule has 0 N–H and O–H groups in total. The van der Waals surface area contributed by atoms with Gasteiger partial charge in [-0.25, -0.2) is 8.42 Å². The number of hydrogen-bond acceptors (Lipinski definition) is 4. The molecule has 1 atom stereocenters. The third-order valence-corrected chi connectivity index (χ3v) is 5.65. The van der Waals surface area contributed by atoms with Gasteiger partial charge in [-0.3, -0.25) is 0 Å². The first kappa shape index (κ1) is 15.0. The largest absolute Gasteiger partial charge is 0.377 e. The first-order chi connectivity index (χ1) is 9.43. The van der Waals surface area contributed by atoms with Crippen LogP contribution in [-0.2, 0) is 14.8 Å². The third-order valence-electron chi connectivity index (χ3n) is 3.74. The number of rotatable bonds is 3. The van der Waals surface area contributed by atoms with Gasteiger partial charge < -0.3 is 4.74 Å². The molecule has 0 aliphatic carbocycles. The average Bonchev–Trinajstić information content (AvgIpc) is 2.47. The molecule has 2 rings (SSSR count). The molecule has 0 bridgehead atoms. The van der Waals surface area contributed by atoms with E-state index in [0.717, 1.165) is 12.8 Å². The molecule has 0 saturated carbocycles. The molecule has 6 heteroatoms. The highest BCUT2D eigenvalue weighted by Crippen LogP contribution is 2.29. The van der Waals surface area contributed by atoms with Crippen molar-refractivity contribution in [2.24, 2.45) is 0 Å². The van der Waals surface area contributed by atoms with Crippen LogP contribution in [0.15, 0.2) is 29.2 Å². The summed E-state index contributed by atoms with van der Waals surface area (Å²) in [6, 6.07) is 8.23. The van der Waals surface area contributed by atoms with E-state index in [2.05, 4.69) is 0 Å². The summed E-state index contributed by atoms with van der Waals surface area (Å²) in [6.45, 7) is 2.68. The van der Waals surface area contributed by atoms with E-state index >= 15 is 0 Å². The molecule has 1 aliphatic rings. The van der Waals surface area contributed by atoms with Crippen molar-refractivity contribution in [1.29, 1.82) is 5.26 Å². The van der Waals surface area contributed by atoms with Gasteiger partial charge in [-0.15, -0.1) is 0 Å². The summed E-state index contributed by atoms with van der Waals surface area (Å²) in [5, 5.41) is 9.07. The maximum atomic E-state index is 12.7. The van der Waals surface area contributed by atoms with Crippen molar-refractivity contribution < 1.29 is 13.2 Å². The van der Waals surface area contributed by atoms with E-state index < -0.39 is 15.6 Å². The topological polar surface area (TPSA) is 70.4 Å². The molecule has 1 fully saturated rings. The van der Waals surface area contributed by atoms with Crippen molar-refractivity contribution in [3.63, 3.8) is 0 Å². The van der Waals surface area contributed by atoms with Gasteiger partial charge in [0, 0.05) is 20.2 Å². The van der Waals surface area contributed by atoms with Crippen molar-refractivity contribution in [1.82, 2.24) is 4.31 Å². The van der Waals surface area contributed by atoms with Crippen molar-refractivity contribution in [2.45, 2.75) is 30.3 Å². The lowest BCUT2D eigenvalue weighted by Gasteiger charge is -2.38. The van der Waals surface area contributed by atoms with E-state index in [0.29, 0.717) is 13.1 Å². The third kappa shape index (κ3) is 2.70. The highest BCUT2D eigenvalue weighted by molar-refractivity contribution is 7.89. The average molecular weight is 294 g/mol. The monoisotopic (exact) mass is 294 g/mol. The Bertz CT molecular complexity index is 636. The molecular formula is C14H18N2O3S. The summed E-state index contributed by atoms with van der Waals surface area (Å²) in [6.07, 6.45) is 1.58. The maximum absolute atomic E-state index is 12.7. The molecule has 0 aromatic heterocycles. The van der Waals surface area contributed by atoms with Crippen molar-refractivity contribution in [3.05, 3.63) is 29.8 Å². The van der Waals surface area contributed by atoms with E-state index in [1.807, 2.05) is 13.0 Å². The van der Waals surface area contributed by atoms with E-state index in [9.17, 15) is 8.42 Å². The van der Waals surface area contributed by atoms with Crippen LogP contribution < -0.4 is 0 Å². The summed E-state index contributed by atoms with van der Waals surface area (Å²) >= 11 is 0. The Labute approximate surface area is 119 Å². The lowest BCUT2D eigenvalue weighted by Crippen LogP contribution is -2.49. The zero-order chi connectivity index (χ0) is 14.8. The number of sulfonamides is 1. The van der Waals surface area contributed by atoms with E-state index in [4.69, 9.17) is 10.00 Å². The lowest BCUT2D eigenvalue weighted by molar-refractivity contribution is -0.0319. The van der Waals surface area contributed by atoms with E-state index in [-0.39, 0.29) is 10.5 Å². The molecule has 1 saturated heterocycles. The van der Waals surface area contributed by atoms with Crippen molar-refractivity contribution >= 4 is 10.0 Å². The number of nitriles is 1. The Morgan fingerprint density at radius 1 is 1.40 bits per heavy atom. The fourth-order valence-electron chi connectivity index (χ4n) is 2.46. The number of methoxy groups -OCH3 is 1. The SMILES string of the molecule is COC1(C)CCCN(S(=O)(=O)c2ccccc2C#N)C1. The number of piperidine rings is 1. The molecule has 0 amide bonds. The van der Waals surface area contributed by atoms with Crippen LogP contribution in [0, 0.1) is 11.3 Å². The number of nitrogens with zero attached hydrogens (tertiary/aromatic N) is 2. The molecule has 1 aliphatic heterocycles. The van der Waals surface area contributed by atoms with Crippen LogP contribution in [0.3, 0.4) is 0 Å². The second kappa shape index (κ2) is 5.52. The zero-order valence-corrected chi connectivity index (χ0v) is 12.5. The van der Waals surface area contributed by atoms with Gasteiger partial charge in [-0.1, -0.05) is 12.1 Å². The highest BCUT2D eigenvalue weighted by Gasteiger charge is 2.37. The summed E-state index contributed by atoms with van der Waals surface area (Å²) in [5.74, 6) is 0. The molecule has 108 valence electrons.